The van der Waals surface area contributed by atoms with Crippen LogP contribution in [-0.4, -0.2) is 17.9 Å². The van der Waals surface area contributed by atoms with Gasteiger partial charge in [-0.25, -0.2) is 4.99 Å². The highest BCUT2D eigenvalue weighted by Crippen LogP contribution is 2.09. The predicted octanol–water partition coefficient (Wildman–Crippen LogP) is 2.00. The van der Waals surface area contributed by atoms with Gasteiger partial charge in [-0.15, -0.1) is 0 Å². The molecule has 0 aliphatic heterocycles. The molecule has 0 saturated carbocycles. The van der Waals surface area contributed by atoms with Gasteiger partial charge in [-0.2, -0.15) is 0 Å². The quantitative estimate of drug-likeness (QED) is 0.503. The molecule has 1 rings (SSSR count). The minimum atomic E-state index is -0.588. The van der Waals surface area contributed by atoms with E-state index in [0.29, 0.717) is 11.7 Å². The lowest BCUT2D eigenvalue weighted by atomic mass is 10.0. The summed E-state index contributed by atoms with van der Waals surface area (Å²) < 4.78 is 5.23. The summed E-state index contributed by atoms with van der Waals surface area (Å²) in [6.07, 6.45) is 3.44. The van der Waals surface area contributed by atoms with Gasteiger partial charge >= 0.3 is 0 Å². The third-order valence-corrected chi connectivity index (χ3v) is 3.12. The molecule has 0 spiro atoms. The Bertz CT molecular complexity index is 480. The van der Waals surface area contributed by atoms with E-state index in [9.17, 15) is 4.79 Å². The van der Waals surface area contributed by atoms with Crippen LogP contribution in [0.2, 0.25) is 0 Å². The Hall–Kier alpha value is -1.98. The van der Waals surface area contributed by atoms with Crippen LogP contribution < -0.4 is 16.8 Å². The lowest BCUT2D eigenvalue weighted by Crippen LogP contribution is -2.38. The molecule has 0 radical (unpaired) electrons. The highest BCUT2D eigenvalue weighted by atomic mass is 16.3. The van der Waals surface area contributed by atoms with E-state index < -0.39 is 5.91 Å². The van der Waals surface area contributed by atoms with Crippen LogP contribution >= 0.6 is 0 Å². The van der Waals surface area contributed by atoms with Crippen molar-refractivity contribution >= 4 is 11.9 Å². The Morgan fingerprint density at radius 2 is 2.00 bits per heavy atom. The molecule has 1 aromatic rings. The molecule has 118 valence electrons. The summed E-state index contributed by atoms with van der Waals surface area (Å²) >= 11 is 0. The minimum absolute atomic E-state index is 0.133. The van der Waals surface area contributed by atoms with Crippen LogP contribution in [0.15, 0.2) is 21.5 Å². The van der Waals surface area contributed by atoms with Gasteiger partial charge in [0.25, 0.3) is 5.91 Å². The van der Waals surface area contributed by atoms with Crippen LogP contribution in [0.25, 0.3) is 0 Å². The summed E-state index contributed by atoms with van der Waals surface area (Å²) in [5, 5.41) is 3.15. The zero-order valence-corrected chi connectivity index (χ0v) is 13.1. The summed E-state index contributed by atoms with van der Waals surface area (Å²) in [6.45, 7) is 6.81. The fourth-order valence-corrected chi connectivity index (χ4v) is 1.96. The molecule has 6 nitrogen and oxygen atoms in total. The summed E-state index contributed by atoms with van der Waals surface area (Å²) in [4.78, 5) is 15.1. The average Bonchev–Trinajstić information content (AvgIpc) is 2.84. The van der Waals surface area contributed by atoms with Gasteiger partial charge in [-0.3, -0.25) is 4.79 Å². The number of nitrogens with two attached hydrogens (primary N) is 2. The molecule has 0 aromatic carbocycles. The summed E-state index contributed by atoms with van der Waals surface area (Å²) in [5.74, 6) is 1.20. The van der Waals surface area contributed by atoms with E-state index in [1.807, 2.05) is 0 Å². The van der Waals surface area contributed by atoms with Crippen molar-refractivity contribution in [2.45, 2.75) is 52.6 Å². The SMILES string of the molecule is CC(C)CCCC(C)NC(N)=NCc1ccc(C(N)=O)o1. The number of rotatable bonds is 8. The maximum Gasteiger partial charge on any atom is 0.284 e. The van der Waals surface area contributed by atoms with E-state index in [4.69, 9.17) is 15.9 Å². The van der Waals surface area contributed by atoms with Crippen LogP contribution in [0.1, 0.15) is 56.3 Å². The molecule has 0 fully saturated rings. The molecule has 0 aliphatic rings. The fraction of sp³-hybridized carbons (Fsp3) is 0.600. The second kappa shape index (κ2) is 8.34. The molecular weight excluding hydrogens is 268 g/mol. The number of carbonyl (C=O) groups excluding carboxylic acids is 1. The zero-order valence-electron chi connectivity index (χ0n) is 13.1. The van der Waals surface area contributed by atoms with Gasteiger partial charge in [-0.1, -0.05) is 26.7 Å². The van der Waals surface area contributed by atoms with Crippen molar-refractivity contribution in [3.8, 4) is 0 Å². The number of aliphatic imine (C=N–C) groups is 1. The van der Waals surface area contributed by atoms with E-state index in [-0.39, 0.29) is 18.3 Å². The number of amides is 1. The number of carbonyl (C=O) groups is 1. The molecule has 5 N–H and O–H groups in total. The van der Waals surface area contributed by atoms with Gasteiger partial charge in [0.05, 0.1) is 0 Å². The van der Waals surface area contributed by atoms with Gasteiger partial charge < -0.3 is 21.2 Å². The van der Waals surface area contributed by atoms with Gasteiger partial charge in [0, 0.05) is 6.04 Å². The highest BCUT2D eigenvalue weighted by molar-refractivity contribution is 5.89. The molecule has 6 heteroatoms. The Morgan fingerprint density at radius 1 is 1.29 bits per heavy atom. The van der Waals surface area contributed by atoms with Gasteiger partial charge in [0.1, 0.15) is 12.3 Å². The standard InChI is InChI=1S/C15H26N4O2/c1-10(2)5-4-6-11(3)19-15(17)18-9-12-7-8-13(21-12)14(16)20/h7-8,10-11H,4-6,9H2,1-3H3,(H2,16,20)(H3,17,18,19). The lowest BCUT2D eigenvalue weighted by Gasteiger charge is -2.14. The fourth-order valence-electron chi connectivity index (χ4n) is 1.96. The maximum atomic E-state index is 10.9. The summed E-state index contributed by atoms with van der Waals surface area (Å²) in [6, 6.07) is 3.49. The van der Waals surface area contributed by atoms with Crippen LogP contribution in [0.3, 0.4) is 0 Å². The first-order valence-corrected chi connectivity index (χ1v) is 7.33. The molecule has 1 heterocycles. The Labute approximate surface area is 126 Å². The van der Waals surface area contributed by atoms with Crippen molar-refractivity contribution in [1.82, 2.24) is 5.32 Å². The number of nitrogens with zero attached hydrogens (tertiary/aromatic N) is 1. The number of nitrogens with one attached hydrogen (secondary N) is 1. The van der Waals surface area contributed by atoms with Gasteiger partial charge in [0.15, 0.2) is 11.7 Å². The molecular formula is C15H26N4O2. The van der Waals surface area contributed by atoms with Crippen molar-refractivity contribution in [2.75, 3.05) is 0 Å². The number of primary amides is 1. The molecule has 21 heavy (non-hydrogen) atoms. The van der Waals surface area contributed by atoms with Gasteiger partial charge in [-0.05, 0) is 31.4 Å². The molecule has 0 aliphatic carbocycles. The van der Waals surface area contributed by atoms with Crippen LogP contribution in [0, 0.1) is 5.92 Å². The highest BCUT2D eigenvalue weighted by Gasteiger charge is 2.07. The topological polar surface area (TPSA) is 107 Å². The lowest BCUT2D eigenvalue weighted by molar-refractivity contribution is 0.0972. The molecule has 0 bridgehead atoms. The normalized spacial score (nSPS) is 13.4. The Balaban J connectivity index is 2.36. The monoisotopic (exact) mass is 294 g/mol. The van der Waals surface area contributed by atoms with E-state index in [1.54, 1.807) is 6.07 Å². The van der Waals surface area contributed by atoms with Crippen molar-refractivity contribution in [3.63, 3.8) is 0 Å². The maximum absolute atomic E-state index is 10.9. The molecule has 1 amide bonds. The summed E-state index contributed by atoms with van der Waals surface area (Å²) in [7, 11) is 0. The molecule has 0 saturated heterocycles. The van der Waals surface area contributed by atoms with Crippen molar-refractivity contribution < 1.29 is 9.21 Å². The Kier molecular flexibility index (Phi) is 6.78. The largest absolute Gasteiger partial charge is 0.454 e. The second-order valence-electron chi connectivity index (χ2n) is 5.70. The third-order valence-electron chi connectivity index (χ3n) is 3.12. The first kappa shape index (κ1) is 17.1. The smallest absolute Gasteiger partial charge is 0.284 e. The first-order chi connectivity index (χ1) is 9.88. The molecule has 1 unspecified atom stereocenters. The zero-order chi connectivity index (χ0) is 15.8. The van der Waals surface area contributed by atoms with Gasteiger partial charge in [0.2, 0.25) is 0 Å². The van der Waals surface area contributed by atoms with Crippen LogP contribution in [0.5, 0.6) is 0 Å². The number of hydrogen-bond acceptors (Lipinski definition) is 3. The molecule has 1 aromatic heterocycles. The van der Waals surface area contributed by atoms with Crippen LogP contribution in [-0.2, 0) is 6.54 Å². The van der Waals surface area contributed by atoms with Crippen molar-refractivity contribution in [3.05, 3.63) is 23.7 Å². The minimum Gasteiger partial charge on any atom is -0.454 e. The second-order valence-corrected chi connectivity index (χ2v) is 5.70. The van der Waals surface area contributed by atoms with E-state index >= 15 is 0 Å². The first-order valence-electron chi connectivity index (χ1n) is 7.33. The van der Waals surface area contributed by atoms with E-state index in [0.717, 1.165) is 12.3 Å². The van der Waals surface area contributed by atoms with Crippen LogP contribution in [0.4, 0.5) is 0 Å². The number of hydrogen-bond donors (Lipinski definition) is 3. The predicted molar refractivity (Wildman–Crippen MR) is 83.8 cm³/mol. The average molecular weight is 294 g/mol. The number of furan rings is 1. The Morgan fingerprint density at radius 3 is 2.57 bits per heavy atom. The van der Waals surface area contributed by atoms with E-state index in [1.165, 1.54) is 18.9 Å². The molecule has 1 atom stereocenters. The van der Waals surface area contributed by atoms with Crippen molar-refractivity contribution in [1.29, 1.82) is 0 Å². The summed E-state index contributed by atoms with van der Waals surface area (Å²) in [5.41, 5.74) is 10.9. The third kappa shape index (κ3) is 6.83. The van der Waals surface area contributed by atoms with E-state index in [2.05, 4.69) is 31.1 Å². The van der Waals surface area contributed by atoms with Crippen molar-refractivity contribution in [2.24, 2.45) is 22.4 Å². The number of guanidine groups is 1.